The number of carbonyl (C=O) groups is 1. The number of benzene rings is 1. The zero-order valence-corrected chi connectivity index (χ0v) is 13.4. The van der Waals surface area contributed by atoms with Gasteiger partial charge in [-0.05, 0) is 28.1 Å². The number of anilines is 1. The molecule has 2 heterocycles. The Bertz CT molecular complexity index is 703. The smallest absolute Gasteiger partial charge is 0.321 e. The monoisotopic (exact) mass is 359 g/mol. The highest BCUT2D eigenvalue weighted by atomic mass is 79.9. The van der Waals surface area contributed by atoms with Crippen LogP contribution in [0.3, 0.4) is 0 Å². The van der Waals surface area contributed by atoms with Crippen LogP contribution in [0.15, 0.2) is 53.8 Å². The molecule has 1 fully saturated rings. The molecule has 1 aliphatic rings. The van der Waals surface area contributed by atoms with Crippen LogP contribution in [0.2, 0.25) is 0 Å². The van der Waals surface area contributed by atoms with E-state index in [0.29, 0.717) is 18.7 Å². The van der Waals surface area contributed by atoms with Crippen molar-refractivity contribution < 1.29 is 9.53 Å². The van der Waals surface area contributed by atoms with E-state index in [4.69, 9.17) is 4.74 Å². The Hall–Kier alpha value is -2.21. The van der Waals surface area contributed by atoms with Gasteiger partial charge in [-0.2, -0.15) is 0 Å². The fourth-order valence-corrected chi connectivity index (χ4v) is 2.52. The fraction of sp³-hybridized carbons (Fsp3) is 0.188. The first-order valence-electron chi connectivity index (χ1n) is 6.84. The van der Waals surface area contributed by atoms with Crippen LogP contribution in [-0.4, -0.2) is 22.4 Å². The van der Waals surface area contributed by atoms with Crippen molar-refractivity contribution in [1.29, 1.82) is 0 Å². The van der Waals surface area contributed by atoms with Gasteiger partial charge in [0.25, 0.3) is 0 Å². The fourth-order valence-electron chi connectivity index (χ4n) is 2.32. The maximum Gasteiger partial charge on any atom is 0.321 e. The Kier molecular flexibility index (Phi) is 4.20. The molecule has 22 heavy (non-hydrogen) atoms. The number of hydrogen-bond donors (Lipinski definition) is 0. The number of nitrogens with zero attached hydrogens (tertiary/aromatic N) is 3. The number of rotatable bonds is 4. The van der Waals surface area contributed by atoms with Crippen LogP contribution in [0.4, 0.5) is 5.69 Å². The summed E-state index contributed by atoms with van der Waals surface area (Å²) in [6.07, 6.45) is 5.56. The van der Waals surface area contributed by atoms with Gasteiger partial charge in [-0.3, -0.25) is 4.79 Å². The number of halogens is 1. The summed E-state index contributed by atoms with van der Waals surface area (Å²) in [5.74, 6) is 0.892. The highest BCUT2D eigenvalue weighted by molar-refractivity contribution is 9.10. The average molecular weight is 360 g/mol. The van der Waals surface area contributed by atoms with Gasteiger partial charge in [0.1, 0.15) is 5.75 Å². The van der Waals surface area contributed by atoms with Gasteiger partial charge in [-0.1, -0.05) is 12.1 Å². The van der Waals surface area contributed by atoms with E-state index in [0.717, 1.165) is 10.2 Å². The van der Waals surface area contributed by atoms with Gasteiger partial charge in [0.05, 0.1) is 4.47 Å². The van der Waals surface area contributed by atoms with Gasteiger partial charge < -0.3 is 9.64 Å². The molecule has 1 unspecified atom stereocenters. The van der Waals surface area contributed by atoms with E-state index in [1.807, 2.05) is 24.3 Å². The molecule has 1 atom stereocenters. The molecule has 0 N–H and O–H groups in total. The normalized spacial score (nSPS) is 17.6. The Morgan fingerprint density at radius 2 is 2.14 bits per heavy atom. The van der Waals surface area contributed by atoms with Gasteiger partial charge in [0, 0.05) is 43.0 Å². The summed E-state index contributed by atoms with van der Waals surface area (Å²) in [5.41, 5.74) is 0.809. The van der Waals surface area contributed by atoms with Crippen LogP contribution in [0, 0.1) is 5.92 Å². The lowest BCUT2D eigenvalue weighted by molar-refractivity contribution is -0.117. The molecule has 1 amide bonds. The second-order valence-corrected chi connectivity index (χ2v) is 5.90. The maximum atomic E-state index is 12.1. The molecule has 2 aromatic rings. The van der Waals surface area contributed by atoms with Gasteiger partial charge in [-0.15, -0.1) is 6.58 Å². The molecule has 0 spiro atoms. The summed E-state index contributed by atoms with van der Waals surface area (Å²) < 4.78 is 6.40. The van der Waals surface area contributed by atoms with Gasteiger partial charge >= 0.3 is 6.01 Å². The number of ether oxygens (including phenoxy) is 1. The second-order valence-electron chi connectivity index (χ2n) is 4.99. The minimum Gasteiger partial charge on any atom is -0.424 e. The van der Waals surface area contributed by atoms with Crippen molar-refractivity contribution in [2.75, 3.05) is 11.4 Å². The third-order valence-electron chi connectivity index (χ3n) is 3.42. The van der Waals surface area contributed by atoms with Crippen molar-refractivity contribution in [2.45, 2.75) is 6.42 Å². The summed E-state index contributed by atoms with van der Waals surface area (Å²) >= 11 is 3.27. The maximum absolute atomic E-state index is 12.1. The van der Waals surface area contributed by atoms with Crippen molar-refractivity contribution in [1.82, 2.24) is 9.97 Å². The molecular formula is C16H14BrN3O2. The predicted molar refractivity (Wildman–Crippen MR) is 86.9 cm³/mol. The first kappa shape index (κ1) is 14.7. The summed E-state index contributed by atoms with van der Waals surface area (Å²) in [5, 5.41) is 0. The summed E-state index contributed by atoms with van der Waals surface area (Å²) in [7, 11) is 0. The molecule has 0 bridgehead atoms. The number of amides is 1. The first-order valence-corrected chi connectivity index (χ1v) is 7.63. The van der Waals surface area contributed by atoms with E-state index in [1.54, 1.807) is 23.4 Å². The van der Waals surface area contributed by atoms with Crippen LogP contribution < -0.4 is 9.64 Å². The molecule has 0 aliphatic carbocycles. The van der Waals surface area contributed by atoms with E-state index >= 15 is 0 Å². The molecule has 0 radical (unpaired) electrons. The Labute approximate surface area is 136 Å². The topological polar surface area (TPSA) is 55.3 Å². The molecule has 1 saturated heterocycles. The third kappa shape index (κ3) is 3.17. The Balaban J connectivity index is 1.79. The average Bonchev–Trinajstić information content (AvgIpc) is 2.91. The second kappa shape index (κ2) is 6.27. The zero-order valence-electron chi connectivity index (χ0n) is 11.8. The lowest BCUT2D eigenvalue weighted by Gasteiger charge is -2.17. The van der Waals surface area contributed by atoms with Crippen LogP contribution in [0.5, 0.6) is 11.8 Å². The van der Waals surface area contributed by atoms with E-state index in [1.165, 1.54) is 0 Å². The molecule has 1 aromatic carbocycles. The zero-order chi connectivity index (χ0) is 15.5. The molecule has 5 nitrogen and oxygen atoms in total. The van der Waals surface area contributed by atoms with Crippen LogP contribution in [0.1, 0.15) is 6.42 Å². The van der Waals surface area contributed by atoms with E-state index < -0.39 is 0 Å². The summed E-state index contributed by atoms with van der Waals surface area (Å²) in [6.45, 7) is 4.42. The van der Waals surface area contributed by atoms with Crippen molar-refractivity contribution in [3.8, 4) is 11.8 Å². The minimum absolute atomic E-state index is 0.0990. The highest BCUT2D eigenvalue weighted by Crippen LogP contribution is 2.29. The lowest BCUT2D eigenvalue weighted by atomic mass is 10.1. The van der Waals surface area contributed by atoms with Crippen molar-refractivity contribution >= 4 is 27.5 Å². The Morgan fingerprint density at radius 1 is 1.36 bits per heavy atom. The highest BCUT2D eigenvalue weighted by Gasteiger charge is 2.28. The van der Waals surface area contributed by atoms with Crippen molar-refractivity contribution in [3.05, 3.63) is 53.8 Å². The molecule has 1 aromatic heterocycles. The minimum atomic E-state index is 0.0990. The van der Waals surface area contributed by atoms with Crippen LogP contribution in [0.25, 0.3) is 0 Å². The van der Waals surface area contributed by atoms with Gasteiger partial charge in [0.2, 0.25) is 5.91 Å². The lowest BCUT2D eigenvalue weighted by Crippen LogP contribution is -2.24. The van der Waals surface area contributed by atoms with E-state index in [2.05, 4.69) is 32.5 Å². The molecular weight excluding hydrogens is 346 g/mol. The number of hydrogen-bond acceptors (Lipinski definition) is 4. The molecule has 112 valence electrons. The summed E-state index contributed by atoms with van der Waals surface area (Å²) in [4.78, 5) is 21.9. The van der Waals surface area contributed by atoms with Gasteiger partial charge in [0.15, 0.2) is 0 Å². The standard InChI is InChI=1S/C16H14BrN3O2/c1-2-11-6-15(21)20(10-11)13-4-3-5-14(7-13)22-16-18-8-12(17)9-19-16/h2-5,7-9,11H,1,6,10H2. The number of aromatic nitrogens is 2. The number of carbonyl (C=O) groups excluding carboxylic acids is 1. The van der Waals surface area contributed by atoms with Crippen LogP contribution >= 0.6 is 15.9 Å². The largest absolute Gasteiger partial charge is 0.424 e. The van der Waals surface area contributed by atoms with E-state index in [9.17, 15) is 4.79 Å². The van der Waals surface area contributed by atoms with Crippen LogP contribution in [-0.2, 0) is 4.79 Å². The Morgan fingerprint density at radius 3 is 2.82 bits per heavy atom. The third-order valence-corrected chi connectivity index (χ3v) is 3.83. The molecule has 1 aliphatic heterocycles. The SMILES string of the molecule is C=CC1CC(=O)N(c2cccc(Oc3ncc(Br)cn3)c2)C1. The molecule has 0 saturated carbocycles. The first-order chi connectivity index (χ1) is 10.7. The molecule has 6 heteroatoms. The van der Waals surface area contributed by atoms with Crippen molar-refractivity contribution in [2.24, 2.45) is 5.92 Å². The molecule has 3 rings (SSSR count). The van der Waals surface area contributed by atoms with Gasteiger partial charge in [-0.25, -0.2) is 9.97 Å². The van der Waals surface area contributed by atoms with Crippen molar-refractivity contribution in [3.63, 3.8) is 0 Å². The summed E-state index contributed by atoms with van der Waals surface area (Å²) in [6, 6.07) is 7.61. The van der Waals surface area contributed by atoms with E-state index in [-0.39, 0.29) is 17.8 Å². The predicted octanol–water partition coefficient (Wildman–Crippen LogP) is 3.57. The quantitative estimate of drug-likeness (QED) is 0.783.